The Morgan fingerprint density at radius 2 is 1.39 bits per heavy atom. The third-order valence-electron chi connectivity index (χ3n) is 14.4. The number of rotatable bonds is 22. The molecule has 1 aromatic carbocycles. The number of benzene rings is 1. The van der Waals surface area contributed by atoms with Crippen LogP contribution in [0.1, 0.15) is 162 Å². The van der Waals surface area contributed by atoms with Gasteiger partial charge in [0, 0.05) is 44.8 Å². The van der Waals surface area contributed by atoms with Gasteiger partial charge in [0.25, 0.3) is 0 Å². The van der Waals surface area contributed by atoms with Crippen molar-refractivity contribution in [1.29, 1.82) is 0 Å². The first-order chi connectivity index (χ1) is 26.1. The molecule has 3 unspecified atom stereocenters. The largest absolute Gasteiger partial charge is 0.493 e. The number of ketones is 1. The van der Waals surface area contributed by atoms with Gasteiger partial charge in [-0.15, -0.1) is 0 Å². The second kappa shape index (κ2) is 20.5. The van der Waals surface area contributed by atoms with Crippen molar-refractivity contribution in [2.24, 2.45) is 40.4 Å². The molecule has 2 amide bonds. The van der Waals surface area contributed by atoms with Crippen LogP contribution < -0.4 is 20.1 Å². The van der Waals surface area contributed by atoms with Gasteiger partial charge in [0.05, 0.1) is 19.3 Å². The summed E-state index contributed by atoms with van der Waals surface area (Å²) in [5, 5.41) is 17.2. The molecule has 8 atom stereocenters. The molecule has 4 saturated carbocycles. The van der Waals surface area contributed by atoms with Crippen LogP contribution in [0.25, 0.3) is 0 Å². The Balaban J connectivity index is 1.21. The Bertz CT molecular complexity index is 1320. The van der Waals surface area contributed by atoms with Gasteiger partial charge >= 0.3 is 0 Å². The van der Waals surface area contributed by atoms with Crippen molar-refractivity contribution < 1.29 is 29.0 Å². The van der Waals surface area contributed by atoms with Gasteiger partial charge in [0.15, 0.2) is 0 Å². The first-order valence-corrected chi connectivity index (χ1v) is 22.2. The van der Waals surface area contributed by atoms with Crippen molar-refractivity contribution in [3.63, 3.8) is 0 Å². The van der Waals surface area contributed by atoms with E-state index in [1.54, 1.807) is 0 Å². The molecule has 0 spiro atoms. The average molecular weight is 751 g/mol. The van der Waals surface area contributed by atoms with E-state index in [1.807, 2.05) is 6.07 Å². The predicted octanol–water partition coefficient (Wildman–Crippen LogP) is 9.14. The quantitative estimate of drug-likeness (QED) is 0.102. The third kappa shape index (κ3) is 11.0. The molecule has 0 aliphatic heterocycles. The minimum atomic E-state index is -0.191. The lowest BCUT2D eigenvalue weighted by atomic mass is 9.42. The summed E-state index contributed by atoms with van der Waals surface area (Å²) in [4.78, 5) is 37.4. The number of carbonyl (C=O) groups is 3. The van der Waals surface area contributed by atoms with Gasteiger partial charge < -0.3 is 25.2 Å². The number of aliphatic hydroxyl groups excluding tert-OH is 1. The van der Waals surface area contributed by atoms with Crippen molar-refractivity contribution in [3.05, 3.63) is 23.8 Å². The smallest absolute Gasteiger partial charge is 0.220 e. The predicted molar refractivity (Wildman–Crippen MR) is 216 cm³/mol. The number of unbranched alkanes of at least 4 members (excludes halogenated alkanes) is 4. The van der Waals surface area contributed by atoms with Crippen molar-refractivity contribution in [1.82, 2.24) is 10.6 Å². The number of fused-ring (bicyclic) bond motifs is 5. The van der Waals surface area contributed by atoms with Crippen LogP contribution in [0.4, 0.5) is 0 Å². The van der Waals surface area contributed by atoms with Crippen molar-refractivity contribution in [3.8, 4) is 11.5 Å². The number of hydrogen-bond donors (Lipinski definition) is 3. The van der Waals surface area contributed by atoms with Gasteiger partial charge in [-0.05, 0) is 142 Å². The molecule has 4 aliphatic carbocycles. The number of aliphatic hydroxyl groups is 1. The number of carbonyl (C=O) groups excluding carboxylic acids is 3. The van der Waals surface area contributed by atoms with E-state index in [1.165, 1.54) is 12.0 Å². The number of hydrogen-bond acceptors (Lipinski definition) is 6. The molecular weight excluding hydrogens is 677 g/mol. The van der Waals surface area contributed by atoms with Crippen LogP contribution in [-0.2, 0) is 20.8 Å². The first-order valence-electron chi connectivity index (χ1n) is 22.2. The van der Waals surface area contributed by atoms with Crippen LogP contribution in [0.3, 0.4) is 0 Å². The van der Waals surface area contributed by atoms with Gasteiger partial charge in [0.2, 0.25) is 11.8 Å². The zero-order valence-electron chi connectivity index (χ0n) is 34.4. The fourth-order valence-corrected chi connectivity index (χ4v) is 11.2. The average Bonchev–Trinajstić information content (AvgIpc) is 3.46. The molecule has 54 heavy (non-hydrogen) atoms. The monoisotopic (exact) mass is 751 g/mol. The summed E-state index contributed by atoms with van der Waals surface area (Å²) < 4.78 is 12.5. The Morgan fingerprint density at radius 1 is 0.778 bits per heavy atom. The Kier molecular flexibility index (Phi) is 16.2. The zero-order chi connectivity index (χ0) is 38.6. The van der Waals surface area contributed by atoms with Gasteiger partial charge in [-0.25, -0.2) is 0 Å². The Labute approximate surface area is 327 Å². The summed E-state index contributed by atoms with van der Waals surface area (Å²) in [6.45, 7) is 11.6. The van der Waals surface area contributed by atoms with Crippen LogP contribution in [0.5, 0.6) is 11.5 Å². The lowest BCUT2D eigenvalue weighted by Gasteiger charge is -2.62. The second-order valence-electron chi connectivity index (χ2n) is 18.1. The highest BCUT2D eigenvalue weighted by molar-refractivity contribution is 5.79. The van der Waals surface area contributed by atoms with E-state index in [4.69, 9.17) is 9.47 Å². The van der Waals surface area contributed by atoms with Crippen molar-refractivity contribution in [2.45, 2.75) is 169 Å². The number of nitrogens with one attached hydrogen (secondary N) is 2. The molecule has 1 aromatic rings. The van der Waals surface area contributed by atoms with E-state index in [0.717, 1.165) is 127 Å². The molecule has 0 bridgehead atoms. The van der Waals surface area contributed by atoms with Crippen LogP contribution in [0.2, 0.25) is 0 Å². The normalized spacial score (nSPS) is 30.2. The number of amides is 2. The topological polar surface area (TPSA) is 114 Å². The molecule has 304 valence electrons. The highest BCUT2D eigenvalue weighted by atomic mass is 16.5. The van der Waals surface area contributed by atoms with E-state index in [2.05, 4.69) is 50.5 Å². The molecule has 4 fully saturated rings. The van der Waals surface area contributed by atoms with Crippen molar-refractivity contribution >= 4 is 17.6 Å². The maximum atomic E-state index is 12.8. The SMILES string of the molecule is CCCCCNC(=O)CCCOc1cc(CCCC2CC3CC(=O)CC[C@]3(C)[C@@H]3CC[C@]4(C)C(O)CC[C@H]4[C@H]23)cc(OCCCC(=O)NCCCCC)c1. The summed E-state index contributed by atoms with van der Waals surface area (Å²) in [6, 6.07) is 6.21. The molecule has 5 rings (SSSR count). The fourth-order valence-electron chi connectivity index (χ4n) is 11.2. The maximum Gasteiger partial charge on any atom is 0.220 e. The Morgan fingerprint density at radius 3 is 2.00 bits per heavy atom. The zero-order valence-corrected chi connectivity index (χ0v) is 34.4. The summed E-state index contributed by atoms with van der Waals surface area (Å²) in [7, 11) is 0. The summed E-state index contributed by atoms with van der Waals surface area (Å²) in [5.74, 6) is 5.03. The lowest BCUT2D eigenvalue weighted by Crippen LogP contribution is -2.57. The van der Waals surface area contributed by atoms with E-state index >= 15 is 0 Å². The highest BCUT2D eigenvalue weighted by Gasteiger charge is 2.62. The van der Waals surface area contributed by atoms with Crippen molar-refractivity contribution in [2.75, 3.05) is 26.3 Å². The van der Waals surface area contributed by atoms with Gasteiger partial charge in [-0.1, -0.05) is 53.4 Å². The van der Waals surface area contributed by atoms with Crippen LogP contribution in [0, 0.1) is 40.4 Å². The second-order valence-corrected chi connectivity index (χ2v) is 18.1. The Hall–Kier alpha value is -2.61. The molecule has 8 heteroatoms. The molecule has 0 heterocycles. The molecular formula is C46H74N2O6. The molecule has 0 radical (unpaired) electrons. The summed E-state index contributed by atoms with van der Waals surface area (Å²) in [5.41, 5.74) is 1.45. The third-order valence-corrected chi connectivity index (χ3v) is 14.4. The number of Topliss-reactive ketones (excluding diaryl/α,β-unsaturated/α-hetero) is 1. The van der Waals surface area contributed by atoms with Gasteiger partial charge in [-0.3, -0.25) is 14.4 Å². The molecule has 0 aromatic heterocycles. The minimum absolute atomic E-state index is 0.0243. The van der Waals surface area contributed by atoms with Crippen LogP contribution in [-0.4, -0.2) is 55.1 Å². The van der Waals surface area contributed by atoms with E-state index < -0.39 is 0 Å². The number of ether oxygens (including phenoxy) is 2. The molecule has 3 N–H and O–H groups in total. The minimum Gasteiger partial charge on any atom is -0.493 e. The van der Waals surface area contributed by atoms with E-state index in [9.17, 15) is 19.5 Å². The maximum absolute atomic E-state index is 12.8. The van der Waals surface area contributed by atoms with Gasteiger partial charge in [0.1, 0.15) is 17.3 Å². The van der Waals surface area contributed by atoms with E-state index in [-0.39, 0.29) is 28.7 Å². The lowest BCUT2D eigenvalue weighted by molar-refractivity contribution is -0.156. The van der Waals surface area contributed by atoms with Gasteiger partial charge in [-0.2, -0.15) is 0 Å². The molecule has 8 nitrogen and oxygen atoms in total. The first kappa shape index (κ1) is 42.5. The van der Waals surface area contributed by atoms with E-state index in [0.29, 0.717) is 74.3 Å². The number of aryl methyl sites for hydroxylation is 1. The summed E-state index contributed by atoms with van der Waals surface area (Å²) in [6.07, 6.45) is 19.7. The fraction of sp³-hybridized carbons (Fsp3) is 0.804. The molecule has 4 aliphatic rings. The summed E-state index contributed by atoms with van der Waals surface area (Å²) >= 11 is 0. The molecule has 0 saturated heterocycles. The standard InChI is InChI=1S/C46H74N2O6/c1-5-7-9-24-47-42(51)16-12-26-53-37-28-33(29-38(32-37)54-27-13-17-43(52)48-25-10-8-6-2)14-11-15-34-30-35-31-36(49)20-22-45(35,3)40-21-23-46(4)39(44(34)40)18-19-41(46)50/h28-29,32,34-35,39-41,44,50H,5-27,30-31H2,1-4H3,(H,47,51)(H,48,52)/t34?,35?,39-,40+,41?,44-,45-,46-/m0/s1. The van der Waals surface area contributed by atoms with Crippen LogP contribution >= 0.6 is 0 Å². The highest BCUT2D eigenvalue weighted by Crippen LogP contribution is 2.67. The van der Waals surface area contributed by atoms with Crippen LogP contribution in [0.15, 0.2) is 18.2 Å².